The van der Waals surface area contributed by atoms with Gasteiger partial charge in [0.25, 0.3) is 5.91 Å². The maximum absolute atomic E-state index is 13.8. The number of ether oxygens (including phenoxy) is 1. The van der Waals surface area contributed by atoms with Crippen molar-refractivity contribution >= 4 is 29.5 Å². The van der Waals surface area contributed by atoms with Gasteiger partial charge in [-0.3, -0.25) is 14.4 Å². The summed E-state index contributed by atoms with van der Waals surface area (Å²) in [6.07, 6.45) is 5.89. The third-order valence-corrected chi connectivity index (χ3v) is 10.0. The van der Waals surface area contributed by atoms with Gasteiger partial charge in [0, 0.05) is 48.8 Å². The molecule has 1 aliphatic heterocycles. The number of carbonyl (C=O) groups excluding carboxylic acids is 4. The molecule has 2 heterocycles. The highest BCUT2D eigenvalue weighted by molar-refractivity contribution is 6.01. The Labute approximate surface area is 316 Å². The molecular weight excluding hydrogens is 685 g/mol. The molecule has 0 bridgehead atoms. The van der Waals surface area contributed by atoms with Crippen LogP contribution in [0.3, 0.4) is 0 Å². The van der Waals surface area contributed by atoms with E-state index in [0.29, 0.717) is 36.5 Å². The number of anilines is 1. The van der Waals surface area contributed by atoms with Gasteiger partial charge in [0.05, 0.1) is 0 Å². The lowest BCUT2D eigenvalue weighted by molar-refractivity contribution is -0.130. The van der Waals surface area contributed by atoms with Crippen LogP contribution in [0.2, 0.25) is 0 Å². The van der Waals surface area contributed by atoms with Crippen molar-refractivity contribution < 1.29 is 23.9 Å². The molecule has 4 N–H and O–H groups in total. The van der Waals surface area contributed by atoms with Crippen LogP contribution in [0.25, 0.3) is 22.5 Å². The average molecular weight is 735 g/mol. The van der Waals surface area contributed by atoms with Gasteiger partial charge >= 0.3 is 6.09 Å². The molecule has 1 atom stereocenters. The quantitative estimate of drug-likeness (QED) is 0.142. The van der Waals surface area contributed by atoms with E-state index in [-0.39, 0.29) is 36.0 Å². The van der Waals surface area contributed by atoms with Crippen molar-refractivity contribution in [2.75, 3.05) is 25.0 Å². The van der Waals surface area contributed by atoms with Crippen LogP contribution in [-0.4, -0.2) is 80.6 Å². The summed E-state index contributed by atoms with van der Waals surface area (Å²) >= 11 is 0. The number of tetrazole rings is 1. The van der Waals surface area contributed by atoms with Crippen LogP contribution in [0.15, 0.2) is 72.8 Å². The average Bonchev–Trinajstić information content (AvgIpc) is 3.72. The lowest BCUT2D eigenvalue weighted by Gasteiger charge is -2.29. The number of benzene rings is 3. The van der Waals surface area contributed by atoms with Gasteiger partial charge in [-0.25, -0.2) is 4.79 Å². The maximum atomic E-state index is 13.8. The molecule has 284 valence electrons. The second-order valence-corrected chi connectivity index (χ2v) is 15.3. The zero-order valence-corrected chi connectivity index (χ0v) is 31.3. The van der Waals surface area contributed by atoms with Gasteiger partial charge in [0.1, 0.15) is 11.6 Å². The minimum absolute atomic E-state index is 0.0486. The number of hydrogen-bond donors (Lipinski definition) is 4. The standard InChI is InChI=1S/C41H50N8O5/c1-41(2,3)54-40(53)42-26-28-13-17-31(18-14-28)37(50)44-35(38(51)43-32-21-19-30(20-22-32)36-45-47-48-46-36)25-27-11-15-29(16-12-27)33-9-5-6-10-34(33)39(52)49-23-7-4-8-24-49/h5-6,9-12,15-16,19-22,28,31,35H,4,7-8,13-14,17-18,23-26H2,1-3H3,(H,42,53)(H,43,51)(H,44,50)(H,45,46,47,48)/t28?,31?,35-/m0/s1. The minimum Gasteiger partial charge on any atom is -0.444 e. The molecule has 6 rings (SSSR count). The van der Waals surface area contributed by atoms with E-state index in [0.717, 1.165) is 67.4 Å². The molecule has 4 amide bonds. The predicted molar refractivity (Wildman–Crippen MR) is 205 cm³/mol. The van der Waals surface area contributed by atoms with E-state index in [1.165, 1.54) is 0 Å². The van der Waals surface area contributed by atoms with Gasteiger partial charge in [-0.05, 0) is 124 Å². The lowest BCUT2D eigenvalue weighted by Crippen LogP contribution is -2.48. The lowest BCUT2D eigenvalue weighted by atomic mass is 9.81. The van der Waals surface area contributed by atoms with Crippen molar-refractivity contribution in [2.24, 2.45) is 11.8 Å². The largest absolute Gasteiger partial charge is 0.444 e. The molecule has 0 radical (unpaired) electrons. The monoisotopic (exact) mass is 734 g/mol. The van der Waals surface area contributed by atoms with Gasteiger partial charge in [-0.2, -0.15) is 5.21 Å². The Morgan fingerprint density at radius 2 is 1.56 bits per heavy atom. The van der Waals surface area contributed by atoms with Crippen molar-refractivity contribution in [3.8, 4) is 22.5 Å². The molecule has 13 heteroatoms. The molecular formula is C41H50N8O5. The highest BCUT2D eigenvalue weighted by Gasteiger charge is 2.30. The zero-order chi connectivity index (χ0) is 38.1. The molecule has 1 saturated carbocycles. The van der Waals surface area contributed by atoms with Crippen molar-refractivity contribution in [1.82, 2.24) is 36.2 Å². The summed E-state index contributed by atoms with van der Waals surface area (Å²) in [5.74, 6) is -0.0170. The smallest absolute Gasteiger partial charge is 0.407 e. The number of H-pyrrole nitrogens is 1. The molecule has 3 aromatic carbocycles. The van der Waals surface area contributed by atoms with Crippen LogP contribution in [0, 0.1) is 11.8 Å². The highest BCUT2D eigenvalue weighted by Crippen LogP contribution is 2.30. The number of rotatable bonds is 11. The fourth-order valence-electron chi connectivity index (χ4n) is 7.13. The first-order chi connectivity index (χ1) is 26.0. The van der Waals surface area contributed by atoms with E-state index >= 15 is 0 Å². The summed E-state index contributed by atoms with van der Waals surface area (Å²) in [6.45, 7) is 7.52. The number of amides is 4. The number of hydrogen-bond acceptors (Lipinski definition) is 8. The molecule has 0 spiro atoms. The van der Waals surface area contributed by atoms with Crippen molar-refractivity contribution in [2.45, 2.75) is 83.8 Å². The Morgan fingerprint density at radius 3 is 2.22 bits per heavy atom. The van der Waals surface area contributed by atoms with Gasteiger partial charge in [0.2, 0.25) is 17.6 Å². The molecule has 1 saturated heterocycles. The van der Waals surface area contributed by atoms with E-state index in [1.807, 2.05) is 74.2 Å². The number of aromatic nitrogens is 4. The maximum Gasteiger partial charge on any atom is 0.407 e. The third-order valence-electron chi connectivity index (χ3n) is 10.0. The van der Waals surface area contributed by atoms with Crippen molar-refractivity contribution in [1.29, 1.82) is 0 Å². The highest BCUT2D eigenvalue weighted by atomic mass is 16.6. The Hall–Kier alpha value is -5.59. The summed E-state index contributed by atoms with van der Waals surface area (Å²) in [6, 6.07) is 21.8. The van der Waals surface area contributed by atoms with Crippen molar-refractivity contribution in [3.05, 3.63) is 83.9 Å². The second-order valence-electron chi connectivity index (χ2n) is 15.3. The normalized spacial score (nSPS) is 17.9. The Kier molecular flexibility index (Phi) is 12.4. The van der Waals surface area contributed by atoms with Gasteiger partial charge in [-0.15, -0.1) is 10.2 Å². The fraction of sp³-hybridized carbons (Fsp3) is 0.439. The van der Waals surface area contributed by atoms with Crippen LogP contribution in [0.1, 0.15) is 81.6 Å². The molecule has 54 heavy (non-hydrogen) atoms. The summed E-state index contributed by atoms with van der Waals surface area (Å²) < 4.78 is 5.36. The molecule has 13 nitrogen and oxygen atoms in total. The number of likely N-dealkylation sites (tertiary alicyclic amines) is 1. The number of nitrogens with zero attached hydrogens (tertiary/aromatic N) is 4. The van der Waals surface area contributed by atoms with Gasteiger partial charge in [0.15, 0.2) is 0 Å². The summed E-state index contributed by atoms with van der Waals surface area (Å²) in [7, 11) is 0. The predicted octanol–water partition coefficient (Wildman–Crippen LogP) is 6.16. The minimum atomic E-state index is -0.847. The van der Waals surface area contributed by atoms with E-state index in [2.05, 4.69) is 36.6 Å². The van der Waals surface area contributed by atoms with E-state index < -0.39 is 17.7 Å². The number of nitrogens with one attached hydrogen (secondary N) is 4. The van der Waals surface area contributed by atoms with Gasteiger partial charge in [-0.1, -0.05) is 42.5 Å². The summed E-state index contributed by atoms with van der Waals surface area (Å²) in [4.78, 5) is 55.1. The topological polar surface area (TPSA) is 171 Å². The number of alkyl carbamates (subject to hydrolysis) is 1. The molecule has 0 unspecified atom stereocenters. The van der Waals surface area contributed by atoms with E-state index in [9.17, 15) is 19.2 Å². The zero-order valence-electron chi connectivity index (χ0n) is 31.3. The molecule has 4 aromatic rings. The summed E-state index contributed by atoms with van der Waals surface area (Å²) in [5, 5.41) is 22.9. The molecule has 2 fully saturated rings. The van der Waals surface area contributed by atoms with E-state index in [1.54, 1.807) is 24.3 Å². The molecule has 1 aliphatic carbocycles. The van der Waals surface area contributed by atoms with Crippen LogP contribution < -0.4 is 16.0 Å². The molecule has 2 aliphatic rings. The fourth-order valence-corrected chi connectivity index (χ4v) is 7.13. The first kappa shape index (κ1) is 38.1. The Balaban J connectivity index is 1.13. The second kappa shape index (κ2) is 17.5. The number of aromatic amines is 1. The Morgan fingerprint density at radius 1 is 0.870 bits per heavy atom. The Bertz CT molecular complexity index is 1880. The third kappa shape index (κ3) is 10.3. The first-order valence-corrected chi connectivity index (χ1v) is 18.9. The van der Waals surface area contributed by atoms with Crippen LogP contribution in [0.5, 0.6) is 0 Å². The first-order valence-electron chi connectivity index (χ1n) is 18.9. The number of piperidine rings is 1. The van der Waals surface area contributed by atoms with Crippen LogP contribution >= 0.6 is 0 Å². The van der Waals surface area contributed by atoms with E-state index in [4.69, 9.17) is 4.74 Å². The van der Waals surface area contributed by atoms with Crippen molar-refractivity contribution in [3.63, 3.8) is 0 Å². The van der Waals surface area contributed by atoms with Crippen LogP contribution in [-0.2, 0) is 20.7 Å². The number of carbonyl (C=O) groups is 4. The van der Waals surface area contributed by atoms with Gasteiger partial charge < -0.3 is 25.6 Å². The summed E-state index contributed by atoms with van der Waals surface area (Å²) in [5.41, 5.74) is 4.05. The van der Waals surface area contributed by atoms with Crippen LogP contribution in [0.4, 0.5) is 10.5 Å². The SMILES string of the molecule is CC(C)(C)OC(=O)NCC1CCC(C(=O)N[C@@H](Cc2ccc(-c3ccccc3C(=O)N3CCCCC3)cc2)C(=O)Nc2ccc(-c3nn[nH]n3)cc2)CC1. The molecule has 1 aromatic heterocycles.